The quantitative estimate of drug-likeness (QED) is 0.243. The number of oxime groups is 1. The zero-order valence-electron chi connectivity index (χ0n) is 4.10. The first-order valence-corrected chi connectivity index (χ1v) is 2.10. The van der Waals surface area contributed by atoms with Crippen LogP contribution in [0.2, 0.25) is 0 Å². The van der Waals surface area contributed by atoms with E-state index in [1.54, 1.807) is 18.5 Å². The average molecular weight is 111 g/mol. The topological polar surface area (TPSA) is 50.4 Å². The SMILES string of the molecule is ON=Cn1cccn1. The summed E-state index contributed by atoms with van der Waals surface area (Å²) >= 11 is 0. The molecule has 0 amide bonds. The number of rotatable bonds is 1. The third-order valence-electron chi connectivity index (χ3n) is 0.695. The Hall–Kier alpha value is -1.32. The summed E-state index contributed by atoms with van der Waals surface area (Å²) in [5.74, 6) is 0. The Balaban J connectivity index is 2.77. The van der Waals surface area contributed by atoms with Crippen LogP contribution in [0, 0.1) is 0 Å². The first kappa shape index (κ1) is 4.83. The monoisotopic (exact) mass is 111 g/mol. The average Bonchev–Trinajstić information content (AvgIpc) is 2.19. The van der Waals surface area contributed by atoms with E-state index >= 15 is 0 Å². The van der Waals surface area contributed by atoms with Gasteiger partial charge < -0.3 is 5.21 Å². The van der Waals surface area contributed by atoms with Crippen LogP contribution in [0.15, 0.2) is 23.6 Å². The minimum absolute atomic E-state index is 1.19. The third-order valence-corrected chi connectivity index (χ3v) is 0.695. The second-order valence-electron chi connectivity index (χ2n) is 1.22. The second kappa shape index (κ2) is 2.11. The lowest BCUT2D eigenvalue weighted by Gasteiger charge is -1.81. The fourth-order valence-electron chi connectivity index (χ4n) is 0.402. The third kappa shape index (κ3) is 0.841. The van der Waals surface area contributed by atoms with Crippen LogP contribution in [0.4, 0.5) is 0 Å². The molecule has 0 aliphatic heterocycles. The predicted octanol–water partition coefficient (Wildman–Crippen LogP) is 0.149. The summed E-state index contributed by atoms with van der Waals surface area (Å²) in [4.78, 5) is 0. The number of hydrogen-bond acceptors (Lipinski definition) is 3. The largest absolute Gasteiger partial charge is 0.410 e. The van der Waals surface area contributed by atoms with Gasteiger partial charge in [-0.3, -0.25) is 0 Å². The summed E-state index contributed by atoms with van der Waals surface area (Å²) in [5, 5.41) is 14.4. The van der Waals surface area contributed by atoms with Gasteiger partial charge in [-0.15, -0.1) is 0 Å². The van der Waals surface area contributed by atoms with Crippen molar-refractivity contribution in [1.29, 1.82) is 0 Å². The molecule has 1 aromatic heterocycles. The molecule has 1 aromatic rings. The van der Waals surface area contributed by atoms with Gasteiger partial charge in [0.05, 0.1) is 0 Å². The molecule has 1 N–H and O–H groups in total. The van der Waals surface area contributed by atoms with E-state index in [1.807, 2.05) is 0 Å². The summed E-state index contributed by atoms with van der Waals surface area (Å²) in [6.45, 7) is 0. The van der Waals surface area contributed by atoms with Gasteiger partial charge in [0.2, 0.25) is 0 Å². The maximum absolute atomic E-state index is 7.95. The Morgan fingerprint density at radius 1 is 1.75 bits per heavy atom. The molecular formula is C4H5N3O. The van der Waals surface area contributed by atoms with E-state index in [-0.39, 0.29) is 0 Å². The first-order chi connectivity index (χ1) is 3.93. The first-order valence-electron chi connectivity index (χ1n) is 2.10. The molecule has 42 valence electrons. The van der Waals surface area contributed by atoms with Gasteiger partial charge in [-0.2, -0.15) is 5.10 Å². The Bertz CT molecular complexity index is 167. The molecule has 0 atom stereocenters. The standard InChI is InChI=1S/C4H5N3O/c8-6-4-7-3-1-2-5-7/h1-4,8H. The minimum Gasteiger partial charge on any atom is -0.410 e. The second-order valence-corrected chi connectivity index (χ2v) is 1.22. The Morgan fingerprint density at radius 3 is 3.12 bits per heavy atom. The van der Waals surface area contributed by atoms with Crippen molar-refractivity contribution in [2.24, 2.45) is 5.16 Å². The van der Waals surface area contributed by atoms with Gasteiger partial charge >= 0.3 is 0 Å². The van der Waals surface area contributed by atoms with Gasteiger partial charge in [-0.05, 0) is 6.07 Å². The van der Waals surface area contributed by atoms with Crippen LogP contribution in [0.5, 0.6) is 0 Å². The smallest absolute Gasteiger partial charge is 0.155 e. The molecule has 0 aromatic carbocycles. The van der Waals surface area contributed by atoms with Gasteiger partial charge in [-0.25, -0.2) is 4.68 Å². The van der Waals surface area contributed by atoms with Crippen LogP contribution in [-0.2, 0) is 0 Å². The lowest BCUT2D eigenvalue weighted by molar-refractivity contribution is 0.319. The maximum atomic E-state index is 7.95. The molecule has 0 saturated heterocycles. The Kier molecular flexibility index (Phi) is 1.27. The lowest BCUT2D eigenvalue weighted by atomic mass is 10.8. The minimum atomic E-state index is 1.19. The normalized spacial score (nSPS) is 10.5. The molecule has 0 aliphatic rings. The molecule has 0 saturated carbocycles. The van der Waals surface area contributed by atoms with E-state index in [2.05, 4.69) is 10.3 Å². The molecular weight excluding hydrogens is 106 g/mol. The van der Waals surface area contributed by atoms with Crippen LogP contribution in [0.3, 0.4) is 0 Å². The molecule has 0 spiro atoms. The molecule has 8 heavy (non-hydrogen) atoms. The van der Waals surface area contributed by atoms with Crippen molar-refractivity contribution in [2.45, 2.75) is 0 Å². The van der Waals surface area contributed by atoms with E-state index in [4.69, 9.17) is 5.21 Å². The molecule has 1 rings (SSSR count). The number of nitrogens with zero attached hydrogens (tertiary/aromatic N) is 3. The Morgan fingerprint density at radius 2 is 2.62 bits per heavy atom. The number of aromatic nitrogens is 2. The van der Waals surface area contributed by atoms with E-state index in [0.29, 0.717) is 0 Å². The molecule has 0 fully saturated rings. The predicted molar refractivity (Wildman–Crippen MR) is 27.9 cm³/mol. The van der Waals surface area contributed by atoms with E-state index in [0.717, 1.165) is 0 Å². The van der Waals surface area contributed by atoms with Gasteiger partial charge in [0.25, 0.3) is 0 Å². The molecule has 0 aliphatic carbocycles. The molecule has 4 heteroatoms. The van der Waals surface area contributed by atoms with Gasteiger partial charge in [0, 0.05) is 12.4 Å². The highest BCUT2D eigenvalue weighted by Crippen LogP contribution is 1.75. The Labute approximate surface area is 46.0 Å². The fraction of sp³-hybridized carbons (Fsp3) is 0. The number of hydrogen-bond donors (Lipinski definition) is 1. The van der Waals surface area contributed by atoms with Crippen molar-refractivity contribution in [3.05, 3.63) is 18.5 Å². The van der Waals surface area contributed by atoms with Crippen LogP contribution in [-0.4, -0.2) is 21.3 Å². The van der Waals surface area contributed by atoms with Crippen molar-refractivity contribution in [3.8, 4) is 0 Å². The van der Waals surface area contributed by atoms with Crippen molar-refractivity contribution in [2.75, 3.05) is 0 Å². The summed E-state index contributed by atoms with van der Waals surface area (Å²) in [6.07, 6.45) is 4.46. The van der Waals surface area contributed by atoms with E-state index < -0.39 is 0 Å². The van der Waals surface area contributed by atoms with Crippen molar-refractivity contribution in [3.63, 3.8) is 0 Å². The van der Waals surface area contributed by atoms with Crippen molar-refractivity contribution < 1.29 is 5.21 Å². The molecule has 0 radical (unpaired) electrons. The summed E-state index contributed by atoms with van der Waals surface area (Å²) < 4.78 is 1.39. The van der Waals surface area contributed by atoms with Gasteiger partial charge in [-0.1, -0.05) is 5.16 Å². The summed E-state index contributed by atoms with van der Waals surface area (Å²) in [5.41, 5.74) is 0. The maximum Gasteiger partial charge on any atom is 0.155 e. The van der Waals surface area contributed by atoms with Crippen LogP contribution >= 0.6 is 0 Å². The molecule has 4 nitrogen and oxygen atoms in total. The molecule has 0 bridgehead atoms. The summed E-state index contributed by atoms with van der Waals surface area (Å²) in [6, 6.07) is 1.74. The highest BCUT2D eigenvalue weighted by Gasteiger charge is 1.77. The molecule has 0 unspecified atom stereocenters. The van der Waals surface area contributed by atoms with Crippen LogP contribution < -0.4 is 0 Å². The highest BCUT2D eigenvalue weighted by molar-refractivity contribution is 5.55. The fourth-order valence-corrected chi connectivity index (χ4v) is 0.402. The van der Waals surface area contributed by atoms with Gasteiger partial charge in [0.15, 0.2) is 6.34 Å². The lowest BCUT2D eigenvalue weighted by Crippen LogP contribution is -1.93. The summed E-state index contributed by atoms with van der Waals surface area (Å²) in [7, 11) is 0. The van der Waals surface area contributed by atoms with Crippen molar-refractivity contribution >= 4 is 6.34 Å². The zero-order chi connectivity index (χ0) is 5.82. The van der Waals surface area contributed by atoms with E-state index in [9.17, 15) is 0 Å². The highest BCUT2D eigenvalue weighted by atomic mass is 16.4. The van der Waals surface area contributed by atoms with Crippen molar-refractivity contribution in [1.82, 2.24) is 9.78 Å². The van der Waals surface area contributed by atoms with Gasteiger partial charge in [0.1, 0.15) is 0 Å². The molecule has 1 heterocycles. The van der Waals surface area contributed by atoms with Crippen LogP contribution in [0.25, 0.3) is 0 Å². The zero-order valence-corrected chi connectivity index (χ0v) is 4.10. The van der Waals surface area contributed by atoms with Crippen LogP contribution in [0.1, 0.15) is 0 Å². The van der Waals surface area contributed by atoms with E-state index in [1.165, 1.54) is 11.0 Å².